The molecule has 3 amide bonds. The zero-order valence-electron chi connectivity index (χ0n) is 30.6. The Kier molecular flexibility index (Phi) is 11.4. The number of phenols is 1. The van der Waals surface area contributed by atoms with Gasteiger partial charge in [-0.15, -0.1) is 0 Å². The van der Waals surface area contributed by atoms with Crippen LogP contribution in [-0.4, -0.2) is 62.7 Å². The predicted octanol–water partition coefficient (Wildman–Crippen LogP) is 7.78. The van der Waals surface area contributed by atoms with Crippen molar-refractivity contribution in [2.45, 2.75) is 70.9 Å². The van der Waals surface area contributed by atoms with E-state index in [1.807, 2.05) is 24.3 Å². The van der Waals surface area contributed by atoms with Crippen molar-refractivity contribution in [2.75, 3.05) is 20.3 Å². The first kappa shape index (κ1) is 37.9. The Bertz CT molecular complexity index is 1830. The third-order valence-corrected chi connectivity index (χ3v) is 16.4. The molecule has 8 nitrogen and oxygen atoms in total. The van der Waals surface area contributed by atoms with Crippen LogP contribution < -0.4 is 10.4 Å². The summed E-state index contributed by atoms with van der Waals surface area (Å²) in [6.07, 6.45) is 4.30. The molecule has 0 spiro atoms. The van der Waals surface area contributed by atoms with E-state index in [1.165, 1.54) is 12.7 Å². The number of methoxy groups -OCH3 is 1. The number of imide groups is 3. The molecule has 1 N–H and O–H groups in total. The molecule has 0 unspecified atom stereocenters. The van der Waals surface area contributed by atoms with Gasteiger partial charge in [0, 0.05) is 16.0 Å². The van der Waals surface area contributed by atoms with Crippen LogP contribution in [0.2, 0.25) is 5.04 Å². The zero-order valence-corrected chi connectivity index (χ0v) is 33.1. The number of halogens is 1. The monoisotopic (exact) mass is 785 g/mol. The molecule has 0 aromatic heterocycles. The fourth-order valence-electron chi connectivity index (χ4n) is 8.60. The second kappa shape index (κ2) is 15.6. The van der Waals surface area contributed by atoms with E-state index in [1.54, 1.807) is 6.07 Å². The van der Waals surface area contributed by atoms with Crippen LogP contribution in [-0.2, 0) is 23.5 Å². The summed E-state index contributed by atoms with van der Waals surface area (Å²) in [5.74, 6) is -2.58. The standard InChI is InChI=1S/C42H48BrNO7Si/c1-6-13-27(22-28-23-30(43)19-20-35(28)45)18-21-36-37-29(24-33-38(34(37)26-50-36)40(47)44(39(33)46)41(48)49-5)25-51-52(42(2,3)4,31-14-9-7-10-15-31)32-16-11-8-12-17-32/h7-12,14-17,19-20,22-23,33-34,36,38,45H,6,13,18,21,24-26H2,1-5H3/b27-22+/t33-,34+,36-,38-/m1/s1. The summed E-state index contributed by atoms with van der Waals surface area (Å²) in [6.45, 7) is 9.38. The average molecular weight is 787 g/mol. The number of hydrogen-bond acceptors (Lipinski definition) is 7. The number of hydrogen-bond donors (Lipinski definition) is 1. The van der Waals surface area contributed by atoms with Crippen molar-refractivity contribution in [3.8, 4) is 5.75 Å². The molecular formula is C42H48BrNO7Si. The summed E-state index contributed by atoms with van der Waals surface area (Å²) in [4.78, 5) is 41.0. The summed E-state index contributed by atoms with van der Waals surface area (Å²) in [5, 5.41) is 12.6. The van der Waals surface area contributed by atoms with Crippen molar-refractivity contribution in [2.24, 2.45) is 17.8 Å². The Morgan fingerprint density at radius 2 is 1.63 bits per heavy atom. The minimum absolute atomic E-state index is 0.220. The third-order valence-electron chi connectivity index (χ3n) is 10.9. The van der Waals surface area contributed by atoms with Gasteiger partial charge in [-0.3, -0.25) is 9.59 Å². The van der Waals surface area contributed by atoms with E-state index in [4.69, 9.17) is 13.9 Å². The number of ether oxygens (including phenoxy) is 2. The minimum atomic E-state index is -2.95. The maximum Gasteiger partial charge on any atom is 0.423 e. The molecule has 2 aliphatic heterocycles. The summed E-state index contributed by atoms with van der Waals surface area (Å²) < 4.78 is 19.7. The highest BCUT2D eigenvalue weighted by Crippen LogP contribution is 2.50. The van der Waals surface area contributed by atoms with Crippen LogP contribution in [0.25, 0.3) is 6.08 Å². The molecule has 52 heavy (non-hydrogen) atoms. The van der Waals surface area contributed by atoms with Crippen LogP contribution >= 0.6 is 15.9 Å². The lowest BCUT2D eigenvalue weighted by atomic mass is 9.69. The molecule has 10 heteroatoms. The van der Waals surface area contributed by atoms with Gasteiger partial charge in [-0.2, -0.15) is 4.90 Å². The van der Waals surface area contributed by atoms with E-state index in [0.29, 0.717) is 17.7 Å². The molecular weight excluding hydrogens is 738 g/mol. The SMILES string of the molecule is CCC/C(=C\c1cc(Br)ccc1O)CC[C@H]1OC[C@H]2C1=C(CO[Si](c1ccccc1)(c1ccccc1)C(C)(C)C)C[C@H]1C(=O)N(C(=O)OC)C(=O)[C@H]12. The van der Waals surface area contributed by atoms with Gasteiger partial charge in [-0.25, -0.2) is 4.79 Å². The van der Waals surface area contributed by atoms with Crippen LogP contribution in [0.4, 0.5) is 4.79 Å². The van der Waals surface area contributed by atoms with Gasteiger partial charge >= 0.3 is 6.09 Å². The molecule has 0 saturated carbocycles. The largest absolute Gasteiger partial charge is 0.507 e. The molecule has 1 aliphatic carbocycles. The van der Waals surface area contributed by atoms with Crippen LogP contribution in [0.3, 0.4) is 0 Å². The van der Waals surface area contributed by atoms with E-state index in [-0.39, 0.29) is 36.0 Å². The maximum atomic E-state index is 13.8. The Morgan fingerprint density at radius 1 is 0.981 bits per heavy atom. The normalized spacial score (nSPS) is 22.1. The Morgan fingerprint density at radius 3 is 2.23 bits per heavy atom. The van der Waals surface area contributed by atoms with E-state index in [9.17, 15) is 19.5 Å². The van der Waals surface area contributed by atoms with Gasteiger partial charge in [-0.05, 0) is 70.4 Å². The predicted molar refractivity (Wildman–Crippen MR) is 208 cm³/mol. The number of amides is 3. The molecule has 2 heterocycles. The fraction of sp³-hybridized carbons (Fsp3) is 0.405. The summed E-state index contributed by atoms with van der Waals surface area (Å²) in [7, 11) is -1.77. The topological polar surface area (TPSA) is 102 Å². The molecule has 2 saturated heterocycles. The van der Waals surface area contributed by atoms with E-state index in [2.05, 4.69) is 98.2 Å². The van der Waals surface area contributed by atoms with Crippen molar-refractivity contribution in [3.63, 3.8) is 0 Å². The molecule has 0 radical (unpaired) electrons. The van der Waals surface area contributed by atoms with Gasteiger partial charge < -0.3 is 19.0 Å². The highest BCUT2D eigenvalue weighted by atomic mass is 79.9. The molecule has 0 bridgehead atoms. The molecule has 2 fully saturated rings. The van der Waals surface area contributed by atoms with Crippen LogP contribution in [0.1, 0.15) is 65.4 Å². The summed E-state index contributed by atoms with van der Waals surface area (Å²) >= 11 is 3.52. The Labute approximate surface area is 316 Å². The molecule has 6 rings (SSSR count). The molecule has 4 atom stereocenters. The number of likely N-dealkylation sites (tertiary alicyclic amines) is 1. The Balaban J connectivity index is 1.40. The first-order valence-corrected chi connectivity index (χ1v) is 20.8. The van der Waals surface area contributed by atoms with Crippen molar-refractivity contribution >= 4 is 58.6 Å². The van der Waals surface area contributed by atoms with Crippen molar-refractivity contribution in [1.29, 1.82) is 0 Å². The Hall–Kier alpha value is -3.83. The average Bonchev–Trinajstić information content (AvgIpc) is 3.66. The van der Waals surface area contributed by atoms with Crippen molar-refractivity contribution < 1.29 is 33.4 Å². The van der Waals surface area contributed by atoms with Crippen molar-refractivity contribution in [3.05, 3.63) is 106 Å². The number of allylic oxidation sites excluding steroid dienone is 1. The van der Waals surface area contributed by atoms with Gasteiger partial charge in [-0.1, -0.05) is 122 Å². The number of carbonyl (C=O) groups is 3. The first-order chi connectivity index (χ1) is 24.9. The number of carbonyl (C=O) groups excluding carboxylic acids is 3. The number of nitrogens with zero attached hydrogens (tertiary/aromatic N) is 1. The van der Waals surface area contributed by atoms with Gasteiger partial charge in [0.05, 0.1) is 38.3 Å². The number of benzene rings is 3. The van der Waals surface area contributed by atoms with Crippen LogP contribution in [0.5, 0.6) is 5.75 Å². The fourth-order valence-corrected chi connectivity index (χ4v) is 13.5. The van der Waals surface area contributed by atoms with Crippen molar-refractivity contribution in [1.82, 2.24) is 4.90 Å². The molecule has 274 valence electrons. The number of aromatic hydroxyl groups is 1. The van der Waals surface area contributed by atoms with Gasteiger partial charge in [0.25, 0.3) is 8.32 Å². The van der Waals surface area contributed by atoms with Gasteiger partial charge in [0.15, 0.2) is 0 Å². The van der Waals surface area contributed by atoms with E-state index < -0.39 is 38.1 Å². The third kappa shape index (κ3) is 7.10. The van der Waals surface area contributed by atoms with E-state index in [0.717, 1.165) is 50.8 Å². The number of rotatable bonds is 11. The molecule has 3 aromatic rings. The quantitative estimate of drug-likeness (QED) is 0.120. The van der Waals surface area contributed by atoms with Crippen LogP contribution in [0.15, 0.2) is 100 Å². The summed E-state index contributed by atoms with van der Waals surface area (Å²) in [5.41, 5.74) is 3.93. The highest BCUT2D eigenvalue weighted by molar-refractivity contribution is 9.10. The molecule has 3 aliphatic rings. The number of fused-ring (bicyclic) bond motifs is 3. The first-order valence-electron chi connectivity index (χ1n) is 18.1. The lowest BCUT2D eigenvalue weighted by molar-refractivity contribution is -0.137. The lowest BCUT2D eigenvalue weighted by Gasteiger charge is -2.44. The zero-order chi connectivity index (χ0) is 37.2. The lowest BCUT2D eigenvalue weighted by Crippen LogP contribution is -2.66. The van der Waals surface area contributed by atoms with Crippen LogP contribution in [0, 0.1) is 17.8 Å². The van der Waals surface area contributed by atoms with Gasteiger partial charge in [0.2, 0.25) is 11.8 Å². The van der Waals surface area contributed by atoms with Gasteiger partial charge in [0.1, 0.15) is 5.75 Å². The number of phenolic OH excluding ortho intramolecular Hbond substituents is 1. The second-order valence-electron chi connectivity index (χ2n) is 15.1. The highest BCUT2D eigenvalue weighted by Gasteiger charge is 2.59. The van der Waals surface area contributed by atoms with E-state index >= 15 is 0 Å². The second-order valence-corrected chi connectivity index (χ2v) is 20.3. The maximum absolute atomic E-state index is 13.8. The summed E-state index contributed by atoms with van der Waals surface area (Å²) in [6, 6.07) is 26.3. The smallest absolute Gasteiger partial charge is 0.423 e. The molecule has 3 aromatic carbocycles. The minimum Gasteiger partial charge on any atom is -0.507 e.